The van der Waals surface area contributed by atoms with Crippen molar-refractivity contribution in [1.82, 2.24) is 9.88 Å². The van der Waals surface area contributed by atoms with Gasteiger partial charge in [0.05, 0.1) is 22.8 Å². The first kappa shape index (κ1) is 33.4. The number of para-hydroxylation sites is 1. The highest BCUT2D eigenvalue weighted by Crippen LogP contribution is 2.36. The van der Waals surface area contributed by atoms with Gasteiger partial charge < -0.3 is 20.5 Å². The summed E-state index contributed by atoms with van der Waals surface area (Å²) >= 11 is 6.11. The fraction of sp³-hybridized carbons (Fsp3) is 0.303. The molecular weight excluding hydrogens is 536 g/mol. The number of likely N-dealkylation sites (tertiary alicyclic amines) is 1. The lowest BCUT2D eigenvalue weighted by Gasteiger charge is -2.37. The number of hydrogen-bond donors (Lipinski definition) is 2. The highest BCUT2D eigenvalue weighted by Gasteiger charge is 2.34. The van der Waals surface area contributed by atoms with Crippen molar-refractivity contribution in [3.63, 3.8) is 0 Å². The molecule has 8 heteroatoms. The zero-order chi connectivity index (χ0) is 30.3. The molecule has 2 heterocycles. The second kappa shape index (κ2) is 17.1. The molecule has 0 atom stereocenters. The van der Waals surface area contributed by atoms with Crippen LogP contribution >= 0.6 is 11.6 Å². The Kier molecular flexibility index (Phi) is 13.9. The van der Waals surface area contributed by atoms with Crippen LogP contribution in [0.25, 0.3) is 10.9 Å². The SMILES string of the molecule is CCOC.CN1CCC(O)(c2ccccc2Cl)CC1.Cc1cccc2cccnc12.N#Cc1cc(N)ccc1C=O. The number of aryl methyl sites for hydroxylation is 1. The predicted octanol–water partition coefficient (Wildman–Crippen LogP) is 6.40. The zero-order valence-electron chi connectivity index (χ0n) is 24.2. The fourth-order valence-corrected chi connectivity index (χ4v) is 4.44. The van der Waals surface area contributed by atoms with Crippen LogP contribution in [0.4, 0.5) is 5.69 Å². The van der Waals surface area contributed by atoms with Gasteiger partial charge in [-0.2, -0.15) is 5.26 Å². The Balaban J connectivity index is 0.000000205. The molecule has 3 aromatic carbocycles. The standard InChI is InChI=1S/C12H16ClNO.C10H9N.C8H6N2O.C3H8O/c1-14-8-6-12(15,7-9-14)10-4-2-3-5-11(10)13;1-8-4-2-5-9-6-3-7-11-10(8)9;9-4-7-3-8(10)2-1-6(7)5-11;1-3-4-2/h2-5,15H,6-9H2,1H3;2-7H,1H3;1-3,5H,10H2;3H2,1-2H3. The van der Waals surface area contributed by atoms with Crippen molar-refractivity contribution in [2.45, 2.75) is 32.3 Å². The van der Waals surface area contributed by atoms with E-state index in [0.29, 0.717) is 28.1 Å². The number of aromatic nitrogens is 1. The number of benzene rings is 3. The van der Waals surface area contributed by atoms with Gasteiger partial charge in [0.15, 0.2) is 6.29 Å². The average Bonchev–Trinajstić information content (AvgIpc) is 3.00. The molecule has 0 unspecified atom stereocenters. The van der Waals surface area contributed by atoms with Crippen LogP contribution in [0.1, 0.15) is 46.8 Å². The van der Waals surface area contributed by atoms with E-state index in [1.54, 1.807) is 13.2 Å². The highest BCUT2D eigenvalue weighted by atomic mass is 35.5. The van der Waals surface area contributed by atoms with Gasteiger partial charge in [-0.25, -0.2) is 0 Å². The third-order valence-electron chi connectivity index (χ3n) is 6.64. The summed E-state index contributed by atoms with van der Waals surface area (Å²) in [5.41, 5.74) is 9.07. The molecule has 1 fully saturated rings. The summed E-state index contributed by atoms with van der Waals surface area (Å²) in [7, 11) is 3.76. The van der Waals surface area contributed by atoms with Crippen LogP contribution in [0.2, 0.25) is 5.02 Å². The van der Waals surface area contributed by atoms with Gasteiger partial charge in [0.2, 0.25) is 0 Å². The Morgan fingerprint density at radius 3 is 2.37 bits per heavy atom. The molecule has 41 heavy (non-hydrogen) atoms. The van der Waals surface area contributed by atoms with E-state index in [1.165, 1.54) is 23.1 Å². The lowest BCUT2D eigenvalue weighted by Crippen LogP contribution is -2.40. The van der Waals surface area contributed by atoms with E-state index >= 15 is 0 Å². The predicted molar refractivity (Wildman–Crippen MR) is 167 cm³/mol. The van der Waals surface area contributed by atoms with Crippen molar-refractivity contribution in [1.29, 1.82) is 5.26 Å². The molecule has 0 aliphatic carbocycles. The van der Waals surface area contributed by atoms with Crippen LogP contribution in [-0.4, -0.2) is 55.1 Å². The summed E-state index contributed by atoms with van der Waals surface area (Å²) in [6.45, 7) is 6.69. The molecule has 4 aromatic rings. The van der Waals surface area contributed by atoms with Gasteiger partial charge in [-0.05, 0) is 69.6 Å². The van der Waals surface area contributed by atoms with Gasteiger partial charge in [0.1, 0.15) is 0 Å². The average molecular weight is 575 g/mol. The minimum atomic E-state index is -0.731. The number of rotatable bonds is 3. The Hall–Kier alpha value is -3.80. The van der Waals surface area contributed by atoms with E-state index in [0.717, 1.165) is 43.6 Å². The number of fused-ring (bicyclic) bond motifs is 1. The summed E-state index contributed by atoms with van der Waals surface area (Å²) in [4.78, 5) is 16.8. The van der Waals surface area contributed by atoms with Gasteiger partial charge in [0, 0.05) is 60.2 Å². The van der Waals surface area contributed by atoms with E-state index < -0.39 is 5.60 Å². The van der Waals surface area contributed by atoms with E-state index in [-0.39, 0.29) is 0 Å². The number of hydrogen-bond acceptors (Lipinski definition) is 7. The van der Waals surface area contributed by atoms with Crippen molar-refractivity contribution in [2.75, 3.05) is 39.6 Å². The topological polar surface area (TPSA) is 112 Å². The first-order chi connectivity index (χ1) is 19.7. The molecule has 0 spiro atoms. The summed E-state index contributed by atoms with van der Waals surface area (Å²) < 4.78 is 4.54. The lowest BCUT2D eigenvalue weighted by molar-refractivity contribution is -0.0202. The Morgan fingerprint density at radius 1 is 1.12 bits per heavy atom. The molecule has 1 saturated heterocycles. The molecule has 7 nitrogen and oxygen atoms in total. The summed E-state index contributed by atoms with van der Waals surface area (Å²) in [6, 6.07) is 24.3. The molecule has 0 saturated carbocycles. The first-order valence-electron chi connectivity index (χ1n) is 13.4. The largest absolute Gasteiger partial charge is 0.399 e. The number of methoxy groups -OCH3 is 1. The third kappa shape index (κ3) is 10.3. The van der Waals surface area contributed by atoms with Crippen molar-refractivity contribution in [3.8, 4) is 6.07 Å². The maximum Gasteiger partial charge on any atom is 0.151 e. The molecule has 1 aromatic heterocycles. The van der Waals surface area contributed by atoms with Gasteiger partial charge in [-0.15, -0.1) is 0 Å². The summed E-state index contributed by atoms with van der Waals surface area (Å²) in [6.07, 6.45) is 3.98. The number of nitrogens with two attached hydrogens (primary N) is 1. The van der Waals surface area contributed by atoms with Crippen molar-refractivity contribution >= 4 is 34.5 Å². The number of carbonyl (C=O) groups excluding carboxylic acids is 1. The number of nitriles is 1. The lowest BCUT2D eigenvalue weighted by atomic mass is 9.84. The number of carbonyl (C=O) groups is 1. The van der Waals surface area contributed by atoms with Gasteiger partial charge in [0.25, 0.3) is 0 Å². The molecular formula is C33H39ClN4O3. The number of pyridine rings is 1. The number of anilines is 1. The number of ether oxygens (including phenoxy) is 1. The molecule has 0 radical (unpaired) electrons. The number of nitrogen functional groups attached to an aromatic ring is 1. The van der Waals surface area contributed by atoms with Crippen LogP contribution in [0, 0.1) is 18.3 Å². The van der Waals surface area contributed by atoms with Crippen molar-refractivity contribution in [2.24, 2.45) is 0 Å². The van der Waals surface area contributed by atoms with Crippen LogP contribution in [0.3, 0.4) is 0 Å². The highest BCUT2D eigenvalue weighted by molar-refractivity contribution is 6.31. The smallest absolute Gasteiger partial charge is 0.151 e. The maximum atomic E-state index is 10.5. The second-order valence-corrected chi connectivity index (χ2v) is 10.0. The molecule has 5 rings (SSSR count). The normalized spacial score (nSPS) is 13.7. The first-order valence-corrected chi connectivity index (χ1v) is 13.8. The zero-order valence-corrected chi connectivity index (χ0v) is 24.9. The molecule has 1 aliphatic heterocycles. The minimum Gasteiger partial charge on any atom is -0.399 e. The van der Waals surface area contributed by atoms with Crippen LogP contribution in [0.15, 0.2) is 79.0 Å². The van der Waals surface area contributed by atoms with Crippen LogP contribution < -0.4 is 5.73 Å². The Morgan fingerprint density at radius 2 is 1.78 bits per heavy atom. The van der Waals surface area contributed by atoms with E-state index in [2.05, 4.69) is 52.9 Å². The van der Waals surface area contributed by atoms with Crippen molar-refractivity contribution in [3.05, 3.63) is 106 Å². The minimum absolute atomic E-state index is 0.319. The molecule has 216 valence electrons. The van der Waals surface area contributed by atoms with E-state index in [9.17, 15) is 9.90 Å². The van der Waals surface area contributed by atoms with Crippen LogP contribution in [-0.2, 0) is 10.3 Å². The maximum absolute atomic E-state index is 10.5. The Bertz CT molecular complexity index is 1420. The number of halogens is 1. The molecule has 3 N–H and O–H groups in total. The molecule has 0 bridgehead atoms. The second-order valence-electron chi connectivity index (χ2n) is 9.62. The van der Waals surface area contributed by atoms with Gasteiger partial charge in [-0.1, -0.05) is 54.1 Å². The Labute approximate surface area is 248 Å². The number of aldehydes is 1. The fourth-order valence-electron chi connectivity index (χ4n) is 4.13. The quantitative estimate of drug-likeness (QED) is 0.215. The van der Waals surface area contributed by atoms with E-state index in [4.69, 9.17) is 22.6 Å². The van der Waals surface area contributed by atoms with E-state index in [1.807, 2.05) is 49.5 Å². The van der Waals surface area contributed by atoms with Gasteiger partial charge >= 0.3 is 0 Å². The van der Waals surface area contributed by atoms with Crippen molar-refractivity contribution < 1.29 is 14.6 Å². The van der Waals surface area contributed by atoms with Crippen LogP contribution in [0.5, 0.6) is 0 Å². The number of aliphatic hydroxyl groups is 1. The third-order valence-corrected chi connectivity index (χ3v) is 6.97. The number of nitrogens with zero attached hydrogens (tertiary/aromatic N) is 3. The van der Waals surface area contributed by atoms with Gasteiger partial charge in [-0.3, -0.25) is 9.78 Å². The summed E-state index contributed by atoms with van der Waals surface area (Å²) in [5, 5.41) is 20.9. The molecule has 0 amide bonds. The summed E-state index contributed by atoms with van der Waals surface area (Å²) in [5.74, 6) is 0. The molecule has 1 aliphatic rings. The number of piperidine rings is 1. The monoisotopic (exact) mass is 574 g/mol.